The predicted molar refractivity (Wildman–Crippen MR) is 101 cm³/mol. The lowest BCUT2D eigenvalue weighted by atomic mass is 10.0. The van der Waals surface area contributed by atoms with Crippen LogP contribution in [0.1, 0.15) is 36.0 Å². The molecule has 1 aliphatic heterocycles. The maximum Gasteiger partial charge on any atom is 0.162 e. The Morgan fingerprint density at radius 3 is 2.91 bits per heavy atom. The molecule has 0 fully saturated rings. The van der Waals surface area contributed by atoms with Crippen LogP contribution in [-0.4, -0.2) is 28.3 Å². The molecule has 0 N–H and O–H groups in total. The molecule has 0 bridgehead atoms. The number of benzene rings is 1. The summed E-state index contributed by atoms with van der Waals surface area (Å²) in [5.74, 6) is 0.212. The van der Waals surface area contributed by atoms with E-state index in [-0.39, 0.29) is 5.78 Å². The number of allylic oxidation sites excluding steroid dienone is 1. The average Bonchev–Trinajstić information content (AvgIpc) is 3.24. The molecule has 23 heavy (non-hydrogen) atoms. The minimum Gasteiger partial charge on any atom is -0.294 e. The van der Waals surface area contributed by atoms with Gasteiger partial charge >= 0.3 is 0 Å². The van der Waals surface area contributed by atoms with Crippen LogP contribution >= 0.6 is 22.6 Å². The van der Waals surface area contributed by atoms with Gasteiger partial charge in [-0.2, -0.15) is 5.10 Å². The molecule has 3 rings (SSSR count). The number of rotatable bonds is 7. The molecule has 0 saturated heterocycles. The SMILES string of the molecule is O=C(CCCCC1=CCN=C1)c1ccc(-n2cccn2)c(I)c1. The van der Waals surface area contributed by atoms with Crippen LogP contribution in [-0.2, 0) is 0 Å². The minimum absolute atomic E-state index is 0.212. The van der Waals surface area contributed by atoms with Crippen molar-refractivity contribution in [2.75, 3.05) is 6.54 Å². The first-order valence-electron chi connectivity index (χ1n) is 7.75. The summed E-state index contributed by atoms with van der Waals surface area (Å²) in [6.45, 7) is 0.815. The molecule has 118 valence electrons. The number of Topliss-reactive ketones (excluding diaryl/α,β-unsaturated/α-hetero) is 1. The van der Waals surface area contributed by atoms with Gasteiger partial charge in [-0.05, 0) is 71.7 Å². The van der Waals surface area contributed by atoms with Gasteiger partial charge < -0.3 is 0 Å². The fourth-order valence-corrected chi connectivity index (χ4v) is 3.36. The first-order valence-corrected chi connectivity index (χ1v) is 8.83. The summed E-state index contributed by atoms with van der Waals surface area (Å²) in [4.78, 5) is 16.5. The smallest absolute Gasteiger partial charge is 0.162 e. The zero-order valence-corrected chi connectivity index (χ0v) is 14.9. The van der Waals surface area contributed by atoms with Gasteiger partial charge in [0.1, 0.15) is 0 Å². The van der Waals surface area contributed by atoms with Gasteiger partial charge in [-0.15, -0.1) is 0 Å². The fraction of sp³-hybridized carbons (Fsp3) is 0.278. The third-order valence-electron chi connectivity index (χ3n) is 3.86. The molecule has 0 aliphatic carbocycles. The normalized spacial score (nSPS) is 13.3. The van der Waals surface area contributed by atoms with Gasteiger partial charge in [-0.1, -0.05) is 6.08 Å². The van der Waals surface area contributed by atoms with Crippen LogP contribution in [0.25, 0.3) is 5.69 Å². The van der Waals surface area contributed by atoms with Gasteiger partial charge in [0.2, 0.25) is 0 Å². The molecule has 1 aromatic carbocycles. The van der Waals surface area contributed by atoms with Gasteiger partial charge in [0, 0.05) is 34.2 Å². The number of carbonyl (C=O) groups is 1. The van der Waals surface area contributed by atoms with Crippen molar-refractivity contribution in [1.29, 1.82) is 0 Å². The van der Waals surface area contributed by atoms with E-state index in [1.807, 2.05) is 41.4 Å². The maximum atomic E-state index is 12.3. The average molecular weight is 419 g/mol. The van der Waals surface area contributed by atoms with E-state index in [0.717, 1.165) is 40.6 Å². The number of hydrogen-bond donors (Lipinski definition) is 0. The summed E-state index contributed by atoms with van der Waals surface area (Å²) in [5, 5.41) is 4.23. The first-order chi connectivity index (χ1) is 11.2. The van der Waals surface area contributed by atoms with Gasteiger partial charge in [0.25, 0.3) is 0 Å². The summed E-state index contributed by atoms with van der Waals surface area (Å²) < 4.78 is 2.84. The Kier molecular flexibility index (Phi) is 5.38. The molecule has 1 aliphatic rings. The van der Waals surface area contributed by atoms with E-state index in [4.69, 9.17) is 0 Å². The van der Waals surface area contributed by atoms with Crippen molar-refractivity contribution < 1.29 is 4.79 Å². The van der Waals surface area contributed by atoms with E-state index >= 15 is 0 Å². The fourth-order valence-electron chi connectivity index (χ4n) is 2.60. The van der Waals surface area contributed by atoms with Crippen LogP contribution < -0.4 is 0 Å². The van der Waals surface area contributed by atoms with Crippen molar-refractivity contribution in [2.45, 2.75) is 25.7 Å². The van der Waals surface area contributed by atoms with Crippen LogP contribution in [0.5, 0.6) is 0 Å². The Morgan fingerprint density at radius 2 is 2.22 bits per heavy atom. The Bertz CT molecular complexity index is 748. The number of ketones is 1. The van der Waals surface area contributed by atoms with Crippen LogP contribution in [0.2, 0.25) is 0 Å². The summed E-state index contributed by atoms with van der Waals surface area (Å²) >= 11 is 2.26. The highest BCUT2D eigenvalue weighted by Crippen LogP contribution is 2.20. The second kappa shape index (κ2) is 7.68. The number of unbranched alkanes of at least 4 members (excludes halogenated alkanes) is 1. The monoisotopic (exact) mass is 419 g/mol. The third-order valence-corrected chi connectivity index (χ3v) is 4.72. The minimum atomic E-state index is 0.212. The van der Waals surface area contributed by atoms with Gasteiger partial charge in [-0.3, -0.25) is 9.79 Å². The van der Waals surface area contributed by atoms with Crippen LogP contribution in [0.3, 0.4) is 0 Å². The van der Waals surface area contributed by atoms with Crippen molar-refractivity contribution in [3.8, 4) is 5.69 Å². The van der Waals surface area contributed by atoms with E-state index in [1.165, 1.54) is 5.57 Å². The number of halogens is 1. The Hall–Kier alpha value is -1.76. The Balaban J connectivity index is 1.55. The van der Waals surface area contributed by atoms with Crippen molar-refractivity contribution in [3.63, 3.8) is 0 Å². The van der Waals surface area contributed by atoms with Gasteiger partial charge in [-0.25, -0.2) is 4.68 Å². The maximum absolute atomic E-state index is 12.3. The zero-order chi connectivity index (χ0) is 16.1. The Labute approximate surface area is 149 Å². The highest BCUT2D eigenvalue weighted by molar-refractivity contribution is 14.1. The molecule has 0 spiro atoms. The molecule has 2 heterocycles. The highest BCUT2D eigenvalue weighted by atomic mass is 127. The lowest BCUT2D eigenvalue weighted by Crippen LogP contribution is -2.03. The molecule has 1 aromatic heterocycles. The standard InChI is InChI=1S/C18H18IN3O/c19-16-12-15(6-7-17(16)22-11-3-9-21-22)18(23)5-2-1-4-14-8-10-20-13-14/h3,6-9,11-13H,1-2,4-5,10H2. The van der Waals surface area contributed by atoms with E-state index in [1.54, 1.807) is 6.20 Å². The number of nitrogens with zero attached hydrogens (tertiary/aromatic N) is 3. The quantitative estimate of drug-likeness (QED) is 0.383. The Morgan fingerprint density at radius 1 is 1.30 bits per heavy atom. The molecule has 0 radical (unpaired) electrons. The first kappa shape index (κ1) is 16.1. The second-order valence-corrected chi connectivity index (χ2v) is 6.68. The van der Waals surface area contributed by atoms with Crippen molar-refractivity contribution >= 4 is 34.6 Å². The van der Waals surface area contributed by atoms with Crippen LogP contribution in [0, 0.1) is 3.57 Å². The number of aromatic nitrogens is 2. The van der Waals surface area contributed by atoms with E-state index in [9.17, 15) is 4.79 Å². The van der Waals surface area contributed by atoms with E-state index in [0.29, 0.717) is 6.42 Å². The number of hydrogen-bond acceptors (Lipinski definition) is 3. The summed E-state index contributed by atoms with van der Waals surface area (Å²) in [6.07, 6.45) is 11.3. The van der Waals surface area contributed by atoms with Crippen molar-refractivity contribution in [2.24, 2.45) is 4.99 Å². The van der Waals surface area contributed by atoms with Crippen molar-refractivity contribution in [1.82, 2.24) is 9.78 Å². The predicted octanol–water partition coefficient (Wildman–Crippen LogP) is 4.23. The van der Waals surface area contributed by atoms with Crippen LogP contribution in [0.4, 0.5) is 0 Å². The molecule has 0 unspecified atom stereocenters. The second-order valence-electron chi connectivity index (χ2n) is 5.52. The number of aliphatic imine (C=N–C) groups is 1. The molecular formula is C18H18IN3O. The number of carbonyl (C=O) groups excluding carboxylic acids is 1. The molecule has 2 aromatic rings. The highest BCUT2D eigenvalue weighted by Gasteiger charge is 2.10. The lowest BCUT2D eigenvalue weighted by Gasteiger charge is -2.07. The molecule has 5 heteroatoms. The van der Waals surface area contributed by atoms with Gasteiger partial charge in [0.05, 0.1) is 12.2 Å². The molecule has 0 amide bonds. The zero-order valence-electron chi connectivity index (χ0n) is 12.8. The lowest BCUT2D eigenvalue weighted by molar-refractivity contribution is 0.0979. The van der Waals surface area contributed by atoms with Gasteiger partial charge in [0.15, 0.2) is 5.78 Å². The summed E-state index contributed by atoms with van der Waals surface area (Å²) in [7, 11) is 0. The topological polar surface area (TPSA) is 47.2 Å². The van der Waals surface area contributed by atoms with Crippen molar-refractivity contribution in [3.05, 3.63) is 57.4 Å². The largest absolute Gasteiger partial charge is 0.294 e. The molecule has 4 nitrogen and oxygen atoms in total. The van der Waals surface area contributed by atoms with Crippen LogP contribution in [0.15, 0.2) is 53.3 Å². The summed E-state index contributed by atoms with van der Waals surface area (Å²) in [5.41, 5.74) is 3.09. The third kappa shape index (κ3) is 4.16. The summed E-state index contributed by atoms with van der Waals surface area (Å²) in [6, 6.07) is 7.70. The molecule has 0 saturated carbocycles. The van der Waals surface area contributed by atoms with E-state index < -0.39 is 0 Å². The van der Waals surface area contributed by atoms with E-state index in [2.05, 4.69) is 38.8 Å². The molecular weight excluding hydrogens is 401 g/mol. The molecule has 0 atom stereocenters.